The Kier molecular flexibility index (Phi) is 5.60. The molecule has 0 aliphatic carbocycles. The van der Waals surface area contributed by atoms with Gasteiger partial charge in [-0.15, -0.1) is 5.10 Å². The number of amidine groups is 1. The van der Waals surface area contributed by atoms with E-state index in [1.165, 1.54) is 12.1 Å². The summed E-state index contributed by atoms with van der Waals surface area (Å²) in [5, 5.41) is 7.74. The molecule has 0 saturated carbocycles. The number of halogens is 3. The quantitative estimate of drug-likeness (QED) is 0.244. The van der Waals surface area contributed by atoms with Crippen LogP contribution in [0, 0.1) is 0 Å². The number of alkyl halides is 3. The Morgan fingerprint density at radius 1 is 1.16 bits per heavy atom. The van der Waals surface area contributed by atoms with Crippen molar-refractivity contribution in [3.8, 4) is 0 Å². The van der Waals surface area contributed by atoms with Crippen molar-refractivity contribution in [2.24, 2.45) is 16.7 Å². The number of hydrazone groups is 1. The minimum absolute atomic E-state index is 0.0550. The van der Waals surface area contributed by atoms with Gasteiger partial charge in [-0.2, -0.15) is 13.2 Å². The van der Waals surface area contributed by atoms with Crippen molar-refractivity contribution in [2.45, 2.75) is 6.18 Å². The third-order valence-corrected chi connectivity index (χ3v) is 3.19. The molecular weight excluding hydrogens is 335 g/mol. The maximum absolute atomic E-state index is 12.6. The Morgan fingerprint density at radius 3 is 2.40 bits per heavy atom. The van der Waals surface area contributed by atoms with Gasteiger partial charge in [0.15, 0.2) is 5.84 Å². The number of hydrogen-bond donors (Lipinski definition) is 3. The summed E-state index contributed by atoms with van der Waals surface area (Å²) >= 11 is 0. The number of carbonyl (C=O) groups is 1. The predicted octanol–water partition coefficient (Wildman–Crippen LogP) is 2.44. The Morgan fingerprint density at radius 2 is 1.80 bits per heavy atom. The lowest BCUT2D eigenvalue weighted by atomic mass is 10.1. The van der Waals surface area contributed by atoms with Crippen molar-refractivity contribution in [1.29, 1.82) is 0 Å². The van der Waals surface area contributed by atoms with Crippen LogP contribution < -0.4 is 16.9 Å². The molecule has 0 spiro atoms. The van der Waals surface area contributed by atoms with Gasteiger partial charge in [-0.1, -0.05) is 12.1 Å². The number of anilines is 2. The van der Waals surface area contributed by atoms with Gasteiger partial charge in [-0.3, -0.25) is 0 Å². The molecule has 0 amide bonds. The molecule has 0 unspecified atom stereocenters. The fourth-order valence-corrected chi connectivity index (χ4v) is 2.02. The number of hydrazine groups is 1. The first kappa shape index (κ1) is 18.3. The SMILES string of the molecule is N/C(=N\N(N)CC=O)c1ccccc1Nc1ccc(C(F)(F)F)cc1. The molecule has 5 N–H and O–H groups in total. The van der Waals surface area contributed by atoms with Gasteiger partial charge in [0.1, 0.15) is 12.8 Å². The minimum atomic E-state index is -4.39. The second-order valence-electron chi connectivity index (χ2n) is 5.02. The highest BCUT2D eigenvalue weighted by Gasteiger charge is 2.29. The largest absolute Gasteiger partial charge is 0.416 e. The van der Waals surface area contributed by atoms with Gasteiger partial charge in [0.05, 0.1) is 5.56 Å². The summed E-state index contributed by atoms with van der Waals surface area (Å²) in [4.78, 5) is 10.4. The van der Waals surface area contributed by atoms with Crippen LogP contribution in [0.3, 0.4) is 0 Å². The van der Waals surface area contributed by atoms with Crippen LogP contribution in [0.15, 0.2) is 53.6 Å². The van der Waals surface area contributed by atoms with Crippen molar-refractivity contribution in [3.63, 3.8) is 0 Å². The van der Waals surface area contributed by atoms with E-state index in [2.05, 4.69) is 10.4 Å². The van der Waals surface area contributed by atoms with Gasteiger partial charge >= 0.3 is 6.18 Å². The molecule has 2 aromatic carbocycles. The van der Waals surface area contributed by atoms with Crippen LogP contribution in [-0.2, 0) is 11.0 Å². The van der Waals surface area contributed by atoms with Crippen LogP contribution in [-0.4, -0.2) is 23.8 Å². The number of para-hydroxylation sites is 1. The highest BCUT2D eigenvalue weighted by molar-refractivity contribution is 6.02. The third-order valence-electron chi connectivity index (χ3n) is 3.19. The lowest BCUT2D eigenvalue weighted by Gasteiger charge is -2.14. The van der Waals surface area contributed by atoms with Crippen LogP contribution in [0.4, 0.5) is 24.5 Å². The monoisotopic (exact) mass is 351 g/mol. The van der Waals surface area contributed by atoms with Crippen molar-refractivity contribution >= 4 is 23.5 Å². The van der Waals surface area contributed by atoms with E-state index >= 15 is 0 Å². The summed E-state index contributed by atoms with van der Waals surface area (Å²) in [5.74, 6) is 5.55. The first-order chi connectivity index (χ1) is 11.8. The number of rotatable bonds is 6. The molecule has 0 aromatic heterocycles. The molecule has 2 aromatic rings. The first-order valence-electron chi connectivity index (χ1n) is 7.15. The summed E-state index contributed by atoms with van der Waals surface area (Å²) in [6, 6.07) is 11.4. The van der Waals surface area contributed by atoms with Crippen LogP contribution in [0.1, 0.15) is 11.1 Å². The van der Waals surface area contributed by atoms with E-state index in [1.54, 1.807) is 24.3 Å². The van der Waals surface area contributed by atoms with Gasteiger partial charge in [-0.05, 0) is 36.4 Å². The molecule has 25 heavy (non-hydrogen) atoms. The number of nitrogens with two attached hydrogens (primary N) is 2. The standard InChI is InChI=1S/C16H16F3N5O/c17-16(18,19)11-5-7-12(8-6-11)22-14-4-2-1-3-13(14)15(20)23-24(21)9-10-25/h1-8,10,22H,9,21H2,(H2,20,23). The molecule has 9 heteroatoms. The Balaban J connectivity index is 2.25. The average molecular weight is 351 g/mol. The number of nitrogens with one attached hydrogen (secondary N) is 1. The zero-order chi connectivity index (χ0) is 18.4. The lowest BCUT2D eigenvalue weighted by Crippen LogP contribution is -2.31. The first-order valence-corrected chi connectivity index (χ1v) is 7.15. The zero-order valence-electron chi connectivity index (χ0n) is 13.0. The summed E-state index contributed by atoms with van der Waals surface area (Å²) in [6.45, 7) is -0.130. The molecule has 0 fully saturated rings. The van der Waals surface area contributed by atoms with E-state index in [9.17, 15) is 18.0 Å². The zero-order valence-corrected chi connectivity index (χ0v) is 13.0. The average Bonchev–Trinajstić information content (AvgIpc) is 2.55. The number of aldehydes is 1. The molecule has 132 valence electrons. The number of hydrogen-bond acceptors (Lipinski definition) is 5. The molecule has 6 nitrogen and oxygen atoms in total. The van der Waals surface area contributed by atoms with Crippen molar-refractivity contribution in [3.05, 3.63) is 59.7 Å². The fraction of sp³-hybridized carbons (Fsp3) is 0.125. The highest BCUT2D eigenvalue weighted by Crippen LogP contribution is 2.30. The van der Waals surface area contributed by atoms with Crippen molar-refractivity contribution in [2.75, 3.05) is 11.9 Å². The second kappa shape index (κ2) is 7.67. The normalized spacial score (nSPS) is 11.9. The van der Waals surface area contributed by atoms with Crippen LogP contribution in [0.2, 0.25) is 0 Å². The maximum atomic E-state index is 12.6. The Hall–Kier alpha value is -3.07. The molecule has 0 atom stereocenters. The molecule has 0 aliphatic heterocycles. The van der Waals surface area contributed by atoms with Gasteiger partial charge in [0.25, 0.3) is 0 Å². The molecule has 0 bridgehead atoms. The highest BCUT2D eigenvalue weighted by atomic mass is 19.4. The second-order valence-corrected chi connectivity index (χ2v) is 5.02. The van der Waals surface area contributed by atoms with Crippen LogP contribution in [0.5, 0.6) is 0 Å². The molecule has 0 radical (unpaired) electrons. The van der Waals surface area contributed by atoms with Crippen molar-refractivity contribution in [1.82, 2.24) is 5.12 Å². The third kappa shape index (κ3) is 4.95. The van der Waals surface area contributed by atoms with Gasteiger partial charge in [-0.25, -0.2) is 11.0 Å². The van der Waals surface area contributed by atoms with E-state index in [0.29, 0.717) is 23.2 Å². The van der Waals surface area contributed by atoms with E-state index in [1.807, 2.05) is 0 Å². The Bertz CT molecular complexity index is 759. The van der Waals surface area contributed by atoms with Crippen molar-refractivity contribution < 1.29 is 18.0 Å². The Labute approximate surface area is 141 Å². The van der Waals surface area contributed by atoms with E-state index in [-0.39, 0.29) is 12.4 Å². The molecule has 0 aliphatic rings. The van der Waals surface area contributed by atoms with E-state index < -0.39 is 11.7 Å². The van der Waals surface area contributed by atoms with Crippen LogP contribution in [0.25, 0.3) is 0 Å². The van der Waals surface area contributed by atoms with Gasteiger partial charge < -0.3 is 15.8 Å². The smallest absolute Gasteiger partial charge is 0.382 e. The summed E-state index contributed by atoms with van der Waals surface area (Å²) in [5.41, 5.74) is 6.62. The summed E-state index contributed by atoms with van der Waals surface area (Å²) in [6.07, 6.45) is -3.82. The van der Waals surface area contributed by atoms with Gasteiger partial charge in [0, 0.05) is 16.9 Å². The summed E-state index contributed by atoms with van der Waals surface area (Å²) < 4.78 is 37.8. The van der Waals surface area contributed by atoms with Gasteiger partial charge in [0.2, 0.25) is 0 Å². The minimum Gasteiger partial charge on any atom is -0.382 e. The summed E-state index contributed by atoms with van der Waals surface area (Å²) in [7, 11) is 0. The number of nitrogens with zero attached hydrogens (tertiary/aromatic N) is 2. The van der Waals surface area contributed by atoms with E-state index in [4.69, 9.17) is 11.6 Å². The predicted molar refractivity (Wildman–Crippen MR) is 88.9 cm³/mol. The molecule has 0 heterocycles. The number of carbonyl (C=O) groups excluding carboxylic acids is 1. The molecule has 0 saturated heterocycles. The maximum Gasteiger partial charge on any atom is 0.416 e. The topological polar surface area (TPSA) is 96.7 Å². The van der Waals surface area contributed by atoms with E-state index in [0.717, 1.165) is 17.3 Å². The molecular formula is C16H16F3N5O. The molecule has 2 rings (SSSR count). The van der Waals surface area contributed by atoms with Crippen LogP contribution >= 0.6 is 0 Å². The lowest BCUT2D eigenvalue weighted by molar-refractivity contribution is -0.137. The fourth-order valence-electron chi connectivity index (χ4n) is 2.02. The number of benzene rings is 2.